The Hall–Kier alpha value is -0.740. The monoisotopic (exact) mass is 292 g/mol. The number of hydrogen-bond acceptors (Lipinski definition) is 3. The summed E-state index contributed by atoms with van der Waals surface area (Å²) in [6.07, 6.45) is 0. The molecule has 15 heavy (non-hydrogen) atoms. The van der Waals surface area contributed by atoms with Crippen LogP contribution in [-0.2, 0) is 0 Å². The Balaban J connectivity index is 3.30. The number of benzene rings is 1. The fourth-order valence-electron chi connectivity index (χ4n) is 1.17. The van der Waals surface area contributed by atoms with Crippen molar-refractivity contribution in [2.24, 2.45) is 0 Å². The number of methoxy groups -OCH3 is 2. The highest BCUT2D eigenvalue weighted by Gasteiger charge is 2.16. The zero-order chi connectivity index (χ0) is 11.4. The molecular formula is C10H10BrClO3. The zero-order valence-electron chi connectivity index (χ0n) is 8.34. The minimum absolute atomic E-state index is 0.0821. The van der Waals surface area contributed by atoms with Gasteiger partial charge in [-0.15, -0.1) is 11.6 Å². The summed E-state index contributed by atoms with van der Waals surface area (Å²) in [5.41, 5.74) is 0.438. The number of hydrogen-bond donors (Lipinski definition) is 0. The van der Waals surface area contributed by atoms with Crippen LogP contribution in [0.25, 0.3) is 0 Å². The van der Waals surface area contributed by atoms with Gasteiger partial charge in [0.05, 0.1) is 25.7 Å². The van der Waals surface area contributed by atoms with Crippen LogP contribution in [0.15, 0.2) is 16.6 Å². The third-order valence-corrected chi connectivity index (χ3v) is 2.75. The smallest absolute Gasteiger partial charge is 0.182 e. The third kappa shape index (κ3) is 2.63. The molecule has 0 spiro atoms. The molecule has 1 aromatic carbocycles. The second-order valence-corrected chi connectivity index (χ2v) is 3.86. The number of ether oxygens (including phenoxy) is 2. The van der Waals surface area contributed by atoms with Crippen molar-refractivity contribution in [1.29, 1.82) is 0 Å². The fraction of sp³-hybridized carbons (Fsp3) is 0.300. The molecule has 1 aromatic rings. The van der Waals surface area contributed by atoms with Crippen molar-refractivity contribution in [3.8, 4) is 11.5 Å². The molecule has 0 bridgehead atoms. The number of Topliss-reactive ketones (excluding diaryl/α,β-unsaturated/α-hetero) is 1. The molecular weight excluding hydrogens is 283 g/mol. The molecule has 0 radical (unpaired) electrons. The maximum atomic E-state index is 11.5. The number of carbonyl (C=O) groups is 1. The molecule has 0 aliphatic heterocycles. The van der Waals surface area contributed by atoms with E-state index in [0.717, 1.165) is 0 Å². The molecule has 0 amide bonds. The Labute approximate surface area is 101 Å². The van der Waals surface area contributed by atoms with Gasteiger partial charge in [-0.05, 0) is 22.0 Å². The highest BCUT2D eigenvalue weighted by molar-refractivity contribution is 9.10. The zero-order valence-corrected chi connectivity index (χ0v) is 10.7. The summed E-state index contributed by atoms with van der Waals surface area (Å²) in [4.78, 5) is 11.5. The summed E-state index contributed by atoms with van der Waals surface area (Å²) < 4.78 is 10.8. The van der Waals surface area contributed by atoms with E-state index in [1.165, 1.54) is 7.11 Å². The lowest BCUT2D eigenvalue weighted by atomic mass is 10.1. The van der Waals surface area contributed by atoms with Gasteiger partial charge in [0.25, 0.3) is 0 Å². The molecule has 0 fully saturated rings. The van der Waals surface area contributed by atoms with Crippen LogP contribution < -0.4 is 9.47 Å². The number of carbonyl (C=O) groups excluding carboxylic acids is 1. The Kier molecular flexibility index (Phi) is 4.42. The summed E-state index contributed by atoms with van der Waals surface area (Å²) >= 11 is 8.79. The van der Waals surface area contributed by atoms with Crippen LogP contribution in [-0.4, -0.2) is 25.9 Å². The minimum Gasteiger partial charge on any atom is -0.497 e. The standard InChI is InChI=1S/C10H10BrClO3/c1-14-6-3-7(11)10(8(13)5-12)9(4-6)15-2/h3-4H,5H2,1-2H3. The van der Waals surface area contributed by atoms with Crippen LogP contribution in [0.5, 0.6) is 11.5 Å². The van der Waals surface area contributed by atoms with Crippen molar-refractivity contribution in [2.45, 2.75) is 0 Å². The summed E-state index contributed by atoms with van der Waals surface area (Å²) in [5.74, 6) is 0.793. The van der Waals surface area contributed by atoms with E-state index >= 15 is 0 Å². The maximum absolute atomic E-state index is 11.5. The van der Waals surface area contributed by atoms with E-state index in [1.54, 1.807) is 19.2 Å². The van der Waals surface area contributed by atoms with E-state index in [1.807, 2.05) is 0 Å². The number of rotatable bonds is 4. The molecule has 0 aromatic heterocycles. The van der Waals surface area contributed by atoms with Gasteiger partial charge in [0, 0.05) is 10.5 Å². The first-order valence-electron chi connectivity index (χ1n) is 4.14. The lowest BCUT2D eigenvalue weighted by molar-refractivity contribution is 0.101. The molecule has 3 nitrogen and oxygen atoms in total. The van der Waals surface area contributed by atoms with Crippen molar-refractivity contribution in [2.75, 3.05) is 20.1 Å². The normalized spacial score (nSPS) is 9.87. The van der Waals surface area contributed by atoms with Crippen molar-refractivity contribution in [1.82, 2.24) is 0 Å². The van der Waals surface area contributed by atoms with Crippen LogP contribution in [0.1, 0.15) is 10.4 Å². The fourth-order valence-corrected chi connectivity index (χ4v) is 1.95. The van der Waals surface area contributed by atoms with E-state index in [0.29, 0.717) is 21.5 Å². The number of alkyl halides is 1. The van der Waals surface area contributed by atoms with Gasteiger partial charge in [-0.1, -0.05) is 0 Å². The molecule has 0 atom stereocenters. The predicted octanol–water partition coefficient (Wildman–Crippen LogP) is 2.89. The van der Waals surface area contributed by atoms with Gasteiger partial charge in [0.1, 0.15) is 11.5 Å². The summed E-state index contributed by atoms with van der Waals surface area (Å²) in [7, 11) is 3.04. The van der Waals surface area contributed by atoms with Gasteiger partial charge in [0.15, 0.2) is 5.78 Å². The molecule has 82 valence electrons. The summed E-state index contributed by atoms with van der Waals surface area (Å²) in [6.45, 7) is 0. The van der Waals surface area contributed by atoms with E-state index in [-0.39, 0.29) is 11.7 Å². The van der Waals surface area contributed by atoms with Crippen molar-refractivity contribution < 1.29 is 14.3 Å². The predicted molar refractivity (Wildman–Crippen MR) is 62.3 cm³/mol. The lowest BCUT2D eigenvalue weighted by Gasteiger charge is -2.10. The minimum atomic E-state index is -0.192. The second-order valence-electron chi connectivity index (χ2n) is 2.74. The molecule has 0 unspecified atom stereocenters. The van der Waals surface area contributed by atoms with Crippen molar-refractivity contribution in [3.63, 3.8) is 0 Å². The van der Waals surface area contributed by atoms with Crippen LogP contribution in [0.3, 0.4) is 0 Å². The Morgan fingerprint density at radius 3 is 2.53 bits per heavy atom. The van der Waals surface area contributed by atoms with E-state index in [9.17, 15) is 4.79 Å². The van der Waals surface area contributed by atoms with Gasteiger partial charge in [0.2, 0.25) is 0 Å². The highest BCUT2D eigenvalue weighted by atomic mass is 79.9. The first kappa shape index (κ1) is 12.3. The van der Waals surface area contributed by atoms with Gasteiger partial charge in [-0.25, -0.2) is 0 Å². The van der Waals surface area contributed by atoms with Gasteiger partial charge >= 0.3 is 0 Å². The van der Waals surface area contributed by atoms with Crippen LogP contribution in [0.2, 0.25) is 0 Å². The van der Waals surface area contributed by atoms with Gasteiger partial charge in [-0.3, -0.25) is 4.79 Å². The largest absolute Gasteiger partial charge is 0.497 e. The summed E-state index contributed by atoms with van der Waals surface area (Å²) in [6, 6.07) is 3.34. The van der Waals surface area contributed by atoms with Gasteiger partial charge in [-0.2, -0.15) is 0 Å². The topological polar surface area (TPSA) is 35.5 Å². The Morgan fingerprint density at radius 1 is 1.40 bits per heavy atom. The molecule has 0 aliphatic carbocycles. The van der Waals surface area contributed by atoms with Crippen LogP contribution in [0.4, 0.5) is 0 Å². The number of halogens is 2. The average Bonchev–Trinajstić information content (AvgIpc) is 2.26. The second kappa shape index (κ2) is 5.37. The average molecular weight is 294 g/mol. The molecule has 0 saturated heterocycles. The van der Waals surface area contributed by atoms with Crippen molar-refractivity contribution in [3.05, 3.63) is 22.2 Å². The molecule has 5 heteroatoms. The van der Waals surface area contributed by atoms with Crippen LogP contribution >= 0.6 is 27.5 Å². The number of ketones is 1. The highest BCUT2D eigenvalue weighted by Crippen LogP contribution is 2.32. The third-order valence-electron chi connectivity index (χ3n) is 1.88. The first-order chi connectivity index (χ1) is 7.13. The van der Waals surface area contributed by atoms with E-state index in [4.69, 9.17) is 21.1 Å². The van der Waals surface area contributed by atoms with Crippen LogP contribution in [0, 0.1) is 0 Å². The molecule has 1 rings (SSSR count). The maximum Gasteiger partial charge on any atom is 0.182 e. The molecule has 0 aliphatic rings. The lowest BCUT2D eigenvalue weighted by Crippen LogP contribution is -2.05. The van der Waals surface area contributed by atoms with Gasteiger partial charge < -0.3 is 9.47 Å². The Morgan fingerprint density at radius 2 is 2.07 bits per heavy atom. The van der Waals surface area contributed by atoms with Crippen molar-refractivity contribution >= 4 is 33.3 Å². The quantitative estimate of drug-likeness (QED) is 0.632. The molecule has 0 N–H and O–H groups in total. The summed E-state index contributed by atoms with van der Waals surface area (Å²) in [5, 5.41) is 0. The molecule has 0 saturated carbocycles. The van der Waals surface area contributed by atoms with E-state index in [2.05, 4.69) is 15.9 Å². The molecule has 0 heterocycles. The first-order valence-corrected chi connectivity index (χ1v) is 5.47. The van der Waals surface area contributed by atoms with E-state index < -0.39 is 0 Å². The Bertz CT molecular complexity index is 379. The SMILES string of the molecule is COc1cc(Br)c(C(=O)CCl)c(OC)c1.